The van der Waals surface area contributed by atoms with Crippen molar-refractivity contribution in [2.75, 3.05) is 13.1 Å². The summed E-state index contributed by atoms with van der Waals surface area (Å²) in [5.74, 6) is 0.205. The average Bonchev–Trinajstić information content (AvgIpc) is 2.68. The molecular formula is C11H16N2O2S. The van der Waals surface area contributed by atoms with E-state index >= 15 is 0 Å². The van der Waals surface area contributed by atoms with Crippen LogP contribution < -0.4 is 0 Å². The highest BCUT2D eigenvalue weighted by atomic mass is 32.1. The van der Waals surface area contributed by atoms with E-state index in [-0.39, 0.29) is 17.9 Å². The molecule has 0 saturated carbocycles. The molecule has 0 spiro atoms. The van der Waals surface area contributed by atoms with Gasteiger partial charge in [-0.2, -0.15) is 0 Å². The first-order valence-corrected chi connectivity index (χ1v) is 6.29. The maximum Gasteiger partial charge on any atom is 0.265 e. The molecular weight excluding hydrogens is 224 g/mol. The summed E-state index contributed by atoms with van der Waals surface area (Å²) < 4.78 is 0. The molecule has 2 unspecified atom stereocenters. The van der Waals surface area contributed by atoms with Crippen LogP contribution in [0.25, 0.3) is 0 Å². The zero-order valence-electron chi connectivity index (χ0n) is 9.51. The fraction of sp³-hybridized carbons (Fsp3) is 0.636. The molecule has 2 rings (SSSR count). The topological polar surface area (TPSA) is 53.4 Å². The van der Waals surface area contributed by atoms with Crippen molar-refractivity contribution in [2.45, 2.75) is 26.4 Å². The summed E-state index contributed by atoms with van der Waals surface area (Å²) >= 11 is 1.43. The molecule has 0 bridgehead atoms. The molecule has 1 aliphatic rings. The molecule has 4 nitrogen and oxygen atoms in total. The van der Waals surface area contributed by atoms with Gasteiger partial charge in [0.1, 0.15) is 4.88 Å². The Hall–Kier alpha value is -0.940. The lowest BCUT2D eigenvalue weighted by atomic mass is 9.97. The number of rotatable bonds is 1. The first-order chi connectivity index (χ1) is 7.58. The third kappa shape index (κ3) is 2.25. The number of carbonyl (C=O) groups is 1. The van der Waals surface area contributed by atoms with Crippen molar-refractivity contribution in [1.29, 1.82) is 0 Å². The Morgan fingerprint density at radius 1 is 1.69 bits per heavy atom. The Kier molecular flexibility index (Phi) is 3.25. The van der Waals surface area contributed by atoms with Crippen molar-refractivity contribution in [2.24, 2.45) is 5.92 Å². The van der Waals surface area contributed by atoms with Crippen LogP contribution in [0.1, 0.15) is 28.0 Å². The molecule has 5 heteroatoms. The van der Waals surface area contributed by atoms with E-state index < -0.39 is 0 Å². The number of nitrogens with zero attached hydrogens (tertiary/aromatic N) is 2. The van der Waals surface area contributed by atoms with Crippen LogP contribution in [-0.2, 0) is 0 Å². The number of hydrogen-bond donors (Lipinski definition) is 1. The van der Waals surface area contributed by atoms with E-state index in [1.807, 2.05) is 18.7 Å². The number of amides is 1. The largest absolute Gasteiger partial charge is 0.393 e. The summed E-state index contributed by atoms with van der Waals surface area (Å²) in [6, 6.07) is 0. The second-order valence-electron chi connectivity index (χ2n) is 4.33. The van der Waals surface area contributed by atoms with Crippen LogP contribution >= 0.6 is 11.3 Å². The summed E-state index contributed by atoms with van der Waals surface area (Å²) in [5, 5.41) is 10.5. The van der Waals surface area contributed by atoms with E-state index in [1.54, 1.807) is 6.20 Å². The Labute approximate surface area is 98.9 Å². The maximum atomic E-state index is 12.1. The van der Waals surface area contributed by atoms with E-state index in [1.165, 1.54) is 11.3 Å². The van der Waals surface area contributed by atoms with Crippen LogP contribution in [0.5, 0.6) is 0 Å². The number of aromatic nitrogens is 1. The van der Waals surface area contributed by atoms with Gasteiger partial charge in [-0.05, 0) is 19.3 Å². The van der Waals surface area contributed by atoms with Crippen molar-refractivity contribution in [3.05, 3.63) is 16.1 Å². The zero-order chi connectivity index (χ0) is 11.7. The first-order valence-electron chi connectivity index (χ1n) is 5.47. The van der Waals surface area contributed by atoms with Gasteiger partial charge in [0.2, 0.25) is 0 Å². The Morgan fingerprint density at radius 3 is 3.00 bits per heavy atom. The number of aryl methyl sites for hydroxylation is 1. The zero-order valence-corrected chi connectivity index (χ0v) is 10.3. The predicted molar refractivity (Wildman–Crippen MR) is 62.5 cm³/mol. The minimum Gasteiger partial charge on any atom is -0.393 e. The van der Waals surface area contributed by atoms with E-state index in [2.05, 4.69) is 4.98 Å². The Balaban J connectivity index is 2.06. The molecule has 1 N–H and O–H groups in total. The molecule has 2 atom stereocenters. The van der Waals surface area contributed by atoms with E-state index in [4.69, 9.17) is 0 Å². The molecule has 1 aromatic rings. The second-order valence-corrected chi connectivity index (χ2v) is 5.56. The standard InChI is InChI=1S/C11H16N2O2S/c1-7-6-13(4-3-9(7)14)11(15)10-5-12-8(2)16-10/h5,7,9,14H,3-4,6H2,1-2H3. The highest BCUT2D eigenvalue weighted by Crippen LogP contribution is 2.20. The van der Waals surface area contributed by atoms with Crippen molar-refractivity contribution < 1.29 is 9.90 Å². The van der Waals surface area contributed by atoms with Gasteiger partial charge >= 0.3 is 0 Å². The Bertz CT molecular complexity index is 391. The van der Waals surface area contributed by atoms with Crippen molar-refractivity contribution >= 4 is 17.2 Å². The highest BCUT2D eigenvalue weighted by molar-refractivity contribution is 7.13. The maximum absolute atomic E-state index is 12.1. The van der Waals surface area contributed by atoms with Crippen LogP contribution in [0, 0.1) is 12.8 Å². The van der Waals surface area contributed by atoms with Gasteiger partial charge in [0.05, 0.1) is 17.3 Å². The van der Waals surface area contributed by atoms with Gasteiger partial charge in [-0.15, -0.1) is 11.3 Å². The fourth-order valence-electron chi connectivity index (χ4n) is 1.93. The summed E-state index contributed by atoms with van der Waals surface area (Å²) in [6.07, 6.45) is 2.04. The Morgan fingerprint density at radius 2 is 2.44 bits per heavy atom. The lowest BCUT2D eigenvalue weighted by molar-refractivity contribution is 0.0300. The van der Waals surface area contributed by atoms with Crippen LogP contribution in [0.4, 0.5) is 0 Å². The highest BCUT2D eigenvalue weighted by Gasteiger charge is 2.28. The lowest BCUT2D eigenvalue weighted by Crippen LogP contribution is -2.44. The van der Waals surface area contributed by atoms with Gasteiger partial charge in [-0.3, -0.25) is 4.79 Å². The molecule has 0 aromatic carbocycles. The number of likely N-dealkylation sites (tertiary alicyclic amines) is 1. The summed E-state index contributed by atoms with van der Waals surface area (Å²) in [5.41, 5.74) is 0. The number of thiazole rings is 1. The molecule has 1 amide bonds. The van der Waals surface area contributed by atoms with Gasteiger partial charge < -0.3 is 10.0 Å². The molecule has 2 heterocycles. The lowest BCUT2D eigenvalue weighted by Gasteiger charge is -2.34. The molecule has 88 valence electrons. The van der Waals surface area contributed by atoms with E-state index in [9.17, 15) is 9.90 Å². The van der Waals surface area contributed by atoms with Crippen molar-refractivity contribution in [1.82, 2.24) is 9.88 Å². The summed E-state index contributed by atoms with van der Waals surface area (Å²) in [4.78, 5) is 18.7. The SMILES string of the molecule is Cc1ncc(C(=O)N2CCC(O)C(C)C2)s1. The first kappa shape index (κ1) is 11.5. The minimum absolute atomic E-state index is 0.0457. The van der Waals surface area contributed by atoms with Crippen LogP contribution in [0.15, 0.2) is 6.20 Å². The van der Waals surface area contributed by atoms with Crippen molar-refractivity contribution in [3.8, 4) is 0 Å². The average molecular weight is 240 g/mol. The van der Waals surface area contributed by atoms with Gasteiger partial charge in [0.15, 0.2) is 0 Å². The number of piperidine rings is 1. The third-order valence-corrected chi connectivity index (χ3v) is 3.88. The molecule has 1 saturated heterocycles. The number of aliphatic hydroxyl groups is 1. The molecule has 1 aromatic heterocycles. The quantitative estimate of drug-likeness (QED) is 0.805. The molecule has 1 fully saturated rings. The molecule has 0 aliphatic carbocycles. The molecule has 0 radical (unpaired) electrons. The predicted octanol–water partition coefficient (Wildman–Crippen LogP) is 1.29. The number of carbonyl (C=O) groups excluding carboxylic acids is 1. The summed E-state index contributed by atoms with van der Waals surface area (Å²) in [7, 11) is 0. The third-order valence-electron chi connectivity index (χ3n) is 2.98. The van der Waals surface area contributed by atoms with Crippen molar-refractivity contribution in [3.63, 3.8) is 0 Å². The summed E-state index contributed by atoms with van der Waals surface area (Å²) in [6.45, 7) is 5.14. The molecule has 16 heavy (non-hydrogen) atoms. The van der Waals surface area contributed by atoms with Gasteiger partial charge in [0, 0.05) is 13.1 Å². The van der Waals surface area contributed by atoms with E-state index in [0.29, 0.717) is 24.4 Å². The normalized spacial score (nSPS) is 25.8. The van der Waals surface area contributed by atoms with E-state index in [0.717, 1.165) is 5.01 Å². The van der Waals surface area contributed by atoms with Crippen LogP contribution in [0.3, 0.4) is 0 Å². The van der Waals surface area contributed by atoms with Crippen LogP contribution in [0.2, 0.25) is 0 Å². The number of aliphatic hydroxyl groups excluding tert-OH is 1. The monoisotopic (exact) mass is 240 g/mol. The van der Waals surface area contributed by atoms with Gasteiger partial charge in [0.25, 0.3) is 5.91 Å². The minimum atomic E-state index is -0.271. The second kappa shape index (κ2) is 4.51. The van der Waals surface area contributed by atoms with Gasteiger partial charge in [-0.1, -0.05) is 6.92 Å². The number of hydrogen-bond acceptors (Lipinski definition) is 4. The molecule has 1 aliphatic heterocycles. The van der Waals surface area contributed by atoms with Gasteiger partial charge in [-0.25, -0.2) is 4.98 Å². The van der Waals surface area contributed by atoms with Crippen LogP contribution in [-0.4, -0.2) is 40.1 Å². The fourth-order valence-corrected chi connectivity index (χ4v) is 2.68. The smallest absolute Gasteiger partial charge is 0.265 e.